The number of hydrogen-bond acceptors (Lipinski definition) is 9. The van der Waals surface area contributed by atoms with Crippen LogP contribution in [0.1, 0.15) is 67.8 Å². The number of morpholine rings is 1. The molecule has 0 unspecified atom stereocenters. The Kier molecular flexibility index (Phi) is 10.2. The van der Waals surface area contributed by atoms with Crippen molar-refractivity contribution in [3.8, 4) is 10.4 Å². The third kappa shape index (κ3) is 8.12. The number of piperidine rings is 1. The zero-order chi connectivity index (χ0) is 33.3. The summed E-state index contributed by atoms with van der Waals surface area (Å²) in [6.07, 6.45) is 1.77. The number of thiazole rings is 1. The lowest BCUT2D eigenvalue weighted by molar-refractivity contribution is 0.0290. The summed E-state index contributed by atoms with van der Waals surface area (Å²) in [6.45, 7) is 13.6. The van der Waals surface area contributed by atoms with Crippen molar-refractivity contribution < 1.29 is 27.9 Å². The third-order valence-corrected chi connectivity index (χ3v) is 11.2. The maximum Gasteiger partial charge on any atom is 0.280 e. The number of carbonyl (C=O) groups is 2. The molecule has 2 fully saturated rings. The smallest absolute Gasteiger partial charge is 0.280 e. The molecule has 2 aliphatic heterocycles. The van der Waals surface area contributed by atoms with Crippen LogP contribution in [0.5, 0.6) is 0 Å². The van der Waals surface area contributed by atoms with Crippen LogP contribution in [0.3, 0.4) is 0 Å². The molecule has 1 aromatic heterocycles. The van der Waals surface area contributed by atoms with Gasteiger partial charge in [0, 0.05) is 55.8 Å². The topological polar surface area (TPSA) is 141 Å². The second kappa shape index (κ2) is 13.7. The predicted octanol–water partition coefficient (Wildman–Crippen LogP) is 3.73. The van der Waals surface area contributed by atoms with Crippen LogP contribution in [0.2, 0.25) is 0 Å². The summed E-state index contributed by atoms with van der Waals surface area (Å²) in [7, 11) is -3.96. The molecular formula is C33H45N5O6S2. The fraction of sp³-hybridized carbons (Fsp3) is 0.545. The lowest BCUT2D eigenvalue weighted by Crippen LogP contribution is -2.53. The number of benzene rings is 2. The first-order chi connectivity index (χ1) is 21.6. The molecular weight excluding hydrogens is 627 g/mol. The van der Waals surface area contributed by atoms with Gasteiger partial charge >= 0.3 is 0 Å². The molecule has 46 heavy (non-hydrogen) atoms. The van der Waals surface area contributed by atoms with Gasteiger partial charge in [-0.3, -0.25) is 14.5 Å². The number of nitrogens with one attached hydrogen (secondary N) is 2. The summed E-state index contributed by atoms with van der Waals surface area (Å²) >= 11 is 1.09. The van der Waals surface area contributed by atoms with Crippen LogP contribution in [0.4, 0.5) is 0 Å². The Bertz CT molecular complexity index is 1680. The van der Waals surface area contributed by atoms with Gasteiger partial charge in [-0.25, -0.2) is 18.1 Å². The number of ether oxygens (including phenoxy) is 1. The highest BCUT2D eigenvalue weighted by Crippen LogP contribution is 2.39. The van der Waals surface area contributed by atoms with Crippen LogP contribution in [-0.2, 0) is 14.8 Å². The van der Waals surface area contributed by atoms with E-state index >= 15 is 0 Å². The molecule has 0 atom stereocenters. The first-order valence-corrected chi connectivity index (χ1v) is 18.1. The summed E-state index contributed by atoms with van der Waals surface area (Å²) in [4.78, 5) is 36.2. The van der Waals surface area contributed by atoms with Gasteiger partial charge in [0.15, 0.2) is 5.01 Å². The van der Waals surface area contributed by atoms with Gasteiger partial charge in [-0.15, -0.1) is 11.3 Å². The molecule has 2 aliphatic rings. The third-order valence-electron chi connectivity index (χ3n) is 8.33. The summed E-state index contributed by atoms with van der Waals surface area (Å²) in [6, 6.07) is 10.5. The van der Waals surface area contributed by atoms with Gasteiger partial charge in [0.05, 0.1) is 28.6 Å². The van der Waals surface area contributed by atoms with Gasteiger partial charge in [-0.1, -0.05) is 37.3 Å². The zero-order valence-corrected chi connectivity index (χ0v) is 28.9. The molecule has 0 spiro atoms. The number of aromatic nitrogens is 1. The molecule has 0 aliphatic carbocycles. The second-order valence-electron chi connectivity index (χ2n) is 13.7. The molecule has 3 aromatic rings. The molecule has 3 heterocycles. The van der Waals surface area contributed by atoms with Crippen LogP contribution >= 0.6 is 11.3 Å². The Balaban J connectivity index is 1.53. The number of fused-ring (bicyclic) bond motifs is 1. The highest BCUT2D eigenvalue weighted by molar-refractivity contribution is 7.89. The molecule has 0 saturated carbocycles. The van der Waals surface area contributed by atoms with Crippen molar-refractivity contribution >= 4 is 43.9 Å². The summed E-state index contributed by atoms with van der Waals surface area (Å²) in [5.74, 6) is -0.227. The maximum atomic E-state index is 13.9. The van der Waals surface area contributed by atoms with Crippen LogP contribution < -0.4 is 10.0 Å². The van der Waals surface area contributed by atoms with Crippen molar-refractivity contribution in [2.24, 2.45) is 5.92 Å². The fourth-order valence-electron chi connectivity index (χ4n) is 5.95. The Morgan fingerprint density at radius 3 is 2.33 bits per heavy atom. The Morgan fingerprint density at radius 2 is 1.67 bits per heavy atom. The van der Waals surface area contributed by atoms with Crippen molar-refractivity contribution in [1.82, 2.24) is 24.8 Å². The molecule has 3 N–H and O–H groups in total. The van der Waals surface area contributed by atoms with Gasteiger partial charge in [-0.2, -0.15) is 0 Å². The van der Waals surface area contributed by atoms with Crippen LogP contribution in [0.25, 0.3) is 21.2 Å². The number of aliphatic hydroxyl groups is 1. The number of sulfonamides is 1. The average molecular weight is 672 g/mol. The Morgan fingerprint density at radius 1 is 1.02 bits per heavy atom. The number of likely N-dealkylation sites (tertiary alicyclic amines) is 1. The number of amides is 2. The highest BCUT2D eigenvalue weighted by atomic mass is 32.2. The molecule has 11 nitrogen and oxygen atoms in total. The van der Waals surface area contributed by atoms with Crippen LogP contribution in [-0.4, -0.2) is 104 Å². The normalized spacial score (nSPS) is 17.4. The van der Waals surface area contributed by atoms with E-state index < -0.39 is 27.1 Å². The zero-order valence-electron chi connectivity index (χ0n) is 27.3. The van der Waals surface area contributed by atoms with E-state index in [1.807, 2.05) is 26.0 Å². The molecule has 5 rings (SSSR count). The van der Waals surface area contributed by atoms with E-state index in [1.165, 1.54) is 0 Å². The fourth-order valence-corrected chi connectivity index (χ4v) is 8.58. The van der Waals surface area contributed by atoms with E-state index in [0.717, 1.165) is 37.3 Å². The molecule has 250 valence electrons. The molecule has 2 saturated heterocycles. The van der Waals surface area contributed by atoms with E-state index in [1.54, 1.807) is 43.0 Å². The lowest BCUT2D eigenvalue weighted by Gasteiger charge is -2.35. The van der Waals surface area contributed by atoms with Crippen molar-refractivity contribution in [3.63, 3.8) is 0 Å². The van der Waals surface area contributed by atoms with Crippen molar-refractivity contribution in [1.29, 1.82) is 0 Å². The minimum absolute atomic E-state index is 0.0123. The molecule has 2 aromatic carbocycles. The van der Waals surface area contributed by atoms with Crippen LogP contribution in [0, 0.1) is 5.92 Å². The molecule has 0 bridgehead atoms. The monoisotopic (exact) mass is 671 g/mol. The summed E-state index contributed by atoms with van der Waals surface area (Å²) in [5.41, 5.74) is -1.08. The number of rotatable bonds is 10. The van der Waals surface area contributed by atoms with Crippen molar-refractivity contribution in [2.45, 2.75) is 63.5 Å². The SMILES string of the molecule is CC1CCN(C(=O)c2nc(C(=O)NCC(C)(C)O)sc2-c2ccc(S(=O)(=O)NC(C)(C)CN3CCOCC3)c3ccccc23)CC1. The lowest BCUT2D eigenvalue weighted by atomic mass is 9.98. The van der Waals surface area contributed by atoms with Gasteiger partial charge in [-0.05, 0) is 57.9 Å². The molecule has 0 radical (unpaired) electrons. The standard InChI is InChI=1S/C33H45N5O6S2/c1-22-12-14-38(15-13-22)31(40)27-28(45-30(35-27)29(39)34-20-33(4,5)41)25-10-11-26(24-9-7-6-8-23(24)25)46(42,43)36-32(2,3)21-37-16-18-44-19-17-37/h6-11,22,36,41H,12-21H2,1-5H3,(H,34,39). The van der Waals surface area contributed by atoms with Gasteiger partial charge in [0.25, 0.3) is 11.8 Å². The van der Waals surface area contributed by atoms with Crippen molar-refractivity contribution in [2.75, 3.05) is 52.5 Å². The minimum Gasteiger partial charge on any atom is -0.389 e. The largest absolute Gasteiger partial charge is 0.389 e. The van der Waals surface area contributed by atoms with E-state index in [9.17, 15) is 23.1 Å². The molecule has 2 amide bonds. The predicted molar refractivity (Wildman–Crippen MR) is 180 cm³/mol. The number of nitrogens with zero attached hydrogens (tertiary/aromatic N) is 3. The van der Waals surface area contributed by atoms with E-state index in [0.29, 0.717) is 60.0 Å². The van der Waals surface area contributed by atoms with Gasteiger partial charge < -0.3 is 20.1 Å². The van der Waals surface area contributed by atoms with Crippen LogP contribution in [0.15, 0.2) is 41.3 Å². The number of hydrogen-bond donors (Lipinski definition) is 3. The number of carbonyl (C=O) groups excluding carboxylic acids is 2. The quantitative estimate of drug-likeness (QED) is 0.296. The summed E-state index contributed by atoms with van der Waals surface area (Å²) in [5, 5.41) is 14.1. The highest BCUT2D eigenvalue weighted by Gasteiger charge is 2.33. The first kappa shape index (κ1) is 34.4. The average Bonchev–Trinajstić information content (AvgIpc) is 3.44. The van der Waals surface area contributed by atoms with E-state index in [-0.39, 0.29) is 28.0 Å². The first-order valence-electron chi connectivity index (χ1n) is 15.8. The maximum absolute atomic E-state index is 13.9. The van der Waals surface area contributed by atoms with E-state index in [2.05, 4.69) is 26.8 Å². The van der Waals surface area contributed by atoms with E-state index in [4.69, 9.17) is 4.74 Å². The summed E-state index contributed by atoms with van der Waals surface area (Å²) < 4.78 is 36.2. The minimum atomic E-state index is -3.96. The Labute approximate surface area is 275 Å². The Hall–Kier alpha value is -2.94. The molecule has 13 heteroatoms. The van der Waals surface area contributed by atoms with Crippen molar-refractivity contribution in [3.05, 3.63) is 47.1 Å². The van der Waals surface area contributed by atoms with Gasteiger partial charge in [0.2, 0.25) is 10.0 Å². The van der Waals surface area contributed by atoms with Gasteiger partial charge in [0.1, 0.15) is 5.69 Å². The second-order valence-corrected chi connectivity index (χ2v) is 16.4.